The minimum Gasteiger partial charge on any atom is -0.285 e. The first-order valence-electron chi connectivity index (χ1n) is 6.31. The third-order valence-corrected chi connectivity index (χ3v) is 4.22. The fourth-order valence-corrected chi connectivity index (χ4v) is 2.92. The van der Waals surface area contributed by atoms with Crippen LogP contribution in [0, 0.1) is 0 Å². The van der Waals surface area contributed by atoms with Crippen LogP contribution in [-0.4, -0.2) is 20.3 Å². The molecule has 0 unspecified atom stereocenters. The van der Waals surface area contributed by atoms with Crippen LogP contribution in [0.5, 0.6) is 0 Å². The minimum absolute atomic E-state index is 0.155. The van der Waals surface area contributed by atoms with Crippen molar-refractivity contribution in [2.75, 3.05) is 0 Å². The van der Waals surface area contributed by atoms with Crippen LogP contribution in [0.15, 0.2) is 41.5 Å². The monoisotopic (exact) mass is 341 g/mol. The number of hydrogen-bond donors (Lipinski definition) is 0. The van der Waals surface area contributed by atoms with Crippen LogP contribution >= 0.6 is 15.9 Å². The summed E-state index contributed by atoms with van der Waals surface area (Å²) in [5, 5.41) is 1.16. The van der Waals surface area contributed by atoms with Gasteiger partial charge in [0.15, 0.2) is 5.82 Å². The minimum atomic E-state index is -0.262. The van der Waals surface area contributed by atoms with Crippen molar-refractivity contribution in [3.8, 4) is 5.69 Å². The van der Waals surface area contributed by atoms with Gasteiger partial charge in [0.1, 0.15) is 0 Å². The number of carbonyl (C=O) groups is 1. The molecule has 1 aromatic carbocycles. The number of benzene rings is 1. The van der Waals surface area contributed by atoms with Crippen LogP contribution in [0.3, 0.4) is 0 Å². The van der Waals surface area contributed by atoms with Gasteiger partial charge in [-0.15, -0.1) is 0 Å². The second-order valence-corrected chi connectivity index (χ2v) is 5.34. The van der Waals surface area contributed by atoms with Crippen molar-refractivity contribution < 1.29 is 4.79 Å². The Hall–Kier alpha value is -2.34. The predicted octanol–water partition coefficient (Wildman–Crippen LogP) is 2.22. The highest BCUT2D eigenvalue weighted by Crippen LogP contribution is 2.25. The maximum absolute atomic E-state index is 12.7. The quantitative estimate of drug-likeness (QED) is 0.498. The third-order valence-electron chi connectivity index (χ3n) is 3.57. The molecule has 0 atom stereocenters. The first kappa shape index (κ1) is 12.4. The molecular formula is C15H8BrN3O2. The zero-order valence-electron chi connectivity index (χ0n) is 10.7. The van der Waals surface area contributed by atoms with Gasteiger partial charge in [-0.1, -0.05) is 22.0 Å². The number of ketones is 1. The Kier molecular flexibility index (Phi) is 2.56. The van der Waals surface area contributed by atoms with Crippen LogP contribution in [0.1, 0.15) is 21.7 Å². The molecule has 6 heteroatoms. The summed E-state index contributed by atoms with van der Waals surface area (Å²) in [4.78, 5) is 33.4. The topological polar surface area (TPSA) is 64.8 Å². The number of rotatable bonds is 1. The molecule has 0 radical (unpaired) electrons. The van der Waals surface area contributed by atoms with E-state index in [9.17, 15) is 9.59 Å². The highest BCUT2D eigenvalue weighted by Gasteiger charge is 2.30. The van der Waals surface area contributed by atoms with E-state index in [1.165, 1.54) is 10.8 Å². The van der Waals surface area contributed by atoms with Crippen molar-refractivity contribution in [1.29, 1.82) is 0 Å². The Morgan fingerprint density at radius 3 is 2.86 bits per heavy atom. The molecule has 0 saturated carbocycles. The number of alkyl halides is 1. The molecule has 2 aromatic heterocycles. The molecule has 1 aliphatic heterocycles. The molecule has 3 heterocycles. The van der Waals surface area contributed by atoms with Crippen molar-refractivity contribution in [3.05, 3.63) is 64.0 Å². The number of fused-ring (bicyclic) bond motifs is 4. The van der Waals surface area contributed by atoms with Crippen LogP contribution in [0.4, 0.5) is 0 Å². The van der Waals surface area contributed by atoms with Crippen LogP contribution in [-0.2, 0) is 5.33 Å². The Balaban J connectivity index is 2.15. The summed E-state index contributed by atoms with van der Waals surface area (Å²) in [5.41, 5.74) is 2.26. The lowest BCUT2D eigenvalue weighted by atomic mass is 10.1. The molecule has 1 aliphatic rings. The maximum atomic E-state index is 12.7. The Bertz CT molecular complexity index is 978. The van der Waals surface area contributed by atoms with E-state index >= 15 is 0 Å². The van der Waals surface area contributed by atoms with Crippen molar-refractivity contribution in [3.63, 3.8) is 0 Å². The SMILES string of the molecule is O=C1c2cnccc2-n2c1nc1ccc(CBr)cc1c2=O. The summed E-state index contributed by atoms with van der Waals surface area (Å²) in [6, 6.07) is 7.11. The lowest BCUT2D eigenvalue weighted by Gasteiger charge is -2.06. The normalized spacial score (nSPS) is 12.5. The number of hydrogen-bond acceptors (Lipinski definition) is 4. The lowest BCUT2D eigenvalue weighted by molar-refractivity contribution is 0.103. The molecule has 3 aromatic rings. The number of pyridine rings is 1. The first-order valence-corrected chi connectivity index (χ1v) is 7.43. The van der Waals surface area contributed by atoms with Gasteiger partial charge in [0, 0.05) is 17.7 Å². The zero-order valence-corrected chi connectivity index (χ0v) is 12.3. The molecule has 0 amide bonds. The molecule has 0 saturated heterocycles. The second kappa shape index (κ2) is 4.33. The fraction of sp³-hybridized carbons (Fsp3) is 0.0667. The van der Waals surface area contributed by atoms with E-state index in [0.717, 1.165) is 5.56 Å². The maximum Gasteiger partial charge on any atom is 0.266 e. The zero-order chi connectivity index (χ0) is 14.6. The highest BCUT2D eigenvalue weighted by molar-refractivity contribution is 9.08. The third kappa shape index (κ3) is 1.62. The van der Waals surface area contributed by atoms with Gasteiger partial charge in [-0.05, 0) is 23.8 Å². The van der Waals surface area contributed by atoms with E-state index in [-0.39, 0.29) is 17.2 Å². The molecule has 21 heavy (non-hydrogen) atoms. The fourth-order valence-electron chi connectivity index (χ4n) is 2.57. The number of aromatic nitrogens is 3. The molecule has 0 bridgehead atoms. The van der Waals surface area contributed by atoms with Crippen LogP contribution in [0.25, 0.3) is 16.6 Å². The molecule has 0 fully saturated rings. The summed E-state index contributed by atoms with van der Waals surface area (Å²) in [5.74, 6) is -0.108. The standard InChI is InChI=1S/C15H8BrN3O2/c16-6-8-1-2-11-9(5-8)15(21)19-12-3-4-17-7-10(12)13(20)14(19)18-11/h1-5,7H,6H2. The van der Waals surface area contributed by atoms with Crippen molar-refractivity contribution in [2.45, 2.75) is 5.33 Å². The molecule has 0 N–H and O–H groups in total. The summed E-state index contributed by atoms with van der Waals surface area (Å²) in [7, 11) is 0. The first-order chi connectivity index (χ1) is 10.2. The van der Waals surface area contributed by atoms with Crippen molar-refractivity contribution >= 4 is 32.6 Å². The van der Waals surface area contributed by atoms with Gasteiger partial charge in [-0.2, -0.15) is 0 Å². The van der Waals surface area contributed by atoms with Gasteiger partial charge in [-0.3, -0.25) is 19.1 Å². The average Bonchev–Trinajstić information content (AvgIpc) is 2.81. The van der Waals surface area contributed by atoms with E-state index in [2.05, 4.69) is 25.9 Å². The average molecular weight is 342 g/mol. The van der Waals surface area contributed by atoms with E-state index in [4.69, 9.17) is 0 Å². The van der Waals surface area contributed by atoms with Gasteiger partial charge in [0.2, 0.25) is 5.78 Å². The number of nitrogens with zero attached hydrogens (tertiary/aromatic N) is 3. The Labute approximate surface area is 127 Å². The second-order valence-electron chi connectivity index (χ2n) is 4.78. The molecule has 5 nitrogen and oxygen atoms in total. The number of halogens is 1. The summed E-state index contributed by atoms with van der Waals surface area (Å²) < 4.78 is 1.37. The van der Waals surface area contributed by atoms with E-state index in [1.807, 2.05) is 6.07 Å². The molecular weight excluding hydrogens is 334 g/mol. The smallest absolute Gasteiger partial charge is 0.266 e. The summed E-state index contributed by atoms with van der Waals surface area (Å²) in [6.45, 7) is 0. The van der Waals surface area contributed by atoms with Gasteiger partial charge in [0.25, 0.3) is 5.56 Å². The number of carbonyl (C=O) groups excluding carboxylic acids is 1. The van der Waals surface area contributed by atoms with Crippen molar-refractivity contribution in [2.24, 2.45) is 0 Å². The van der Waals surface area contributed by atoms with Gasteiger partial charge >= 0.3 is 0 Å². The highest BCUT2D eigenvalue weighted by atomic mass is 79.9. The van der Waals surface area contributed by atoms with E-state index in [0.29, 0.717) is 27.5 Å². The van der Waals surface area contributed by atoms with E-state index < -0.39 is 0 Å². The molecule has 0 aliphatic carbocycles. The molecule has 0 spiro atoms. The van der Waals surface area contributed by atoms with Crippen LogP contribution in [0.2, 0.25) is 0 Å². The van der Waals surface area contributed by atoms with Crippen LogP contribution < -0.4 is 5.56 Å². The largest absolute Gasteiger partial charge is 0.285 e. The Morgan fingerprint density at radius 1 is 1.19 bits per heavy atom. The summed E-state index contributed by atoms with van der Waals surface area (Å²) >= 11 is 3.37. The Morgan fingerprint density at radius 2 is 2.05 bits per heavy atom. The van der Waals surface area contributed by atoms with Crippen molar-refractivity contribution in [1.82, 2.24) is 14.5 Å². The van der Waals surface area contributed by atoms with Gasteiger partial charge < -0.3 is 0 Å². The molecule has 4 rings (SSSR count). The lowest BCUT2D eigenvalue weighted by Crippen LogP contribution is -2.21. The van der Waals surface area contributed by atoms with E-state index in [1.54, 1.807) is 24.4 Å². The summed E-state index contributed by atoms with van der Waals surface area (Å²) in [6.07, 6.45) is 3.03. The van der Waals surface area contributed by atoms with Gasteiger partial charge in [-0.25, -0.2) is 4.98 Å². The predicted molar refractivity (Wildman–Crippen MR) is 81.2 cm³/mol. The van der Waals surface area contributed by atoms with Gasteiger partial charge in [0.05, 0.1) is 22.2 Å². The molecule has 102 valence electrons.